The summed E-state index contributed by atoms with van der Waals surface area (Å²) in [6.45, 7) is 3.72. The highest BCUT2D eigenvalue weighted by molar-refractivity contribution is 7.89. The summed E-state index contributed by atoms with van der Waals surface area (Å²) in [6, 6.07) is 17.0. The fourth-order valence-electron chi connectivity index (χ4n) is 3.72. The molecule has 1 fully saturated rings. The average Bonchev–Trinajstić information content (AvgIpc) is 3.17. The van der Waals surface area contributed by atoms with Gasteiger partial charge in [-0.1, -0.05) is 24.3 Å². The minimum atomic E-state index is -3.06. The lowest BCUT2D eigenvalue weighted by atomic mass is 10.1. The minimum Gasteiger partial charge on any atom is -0.310 e. The van der Waals surface area contributed by atoms with Crippen LogP contribution in [-0.2, 0) is 16.6 Å². The van der Waals surface area contributed by atoms with Crippen LogP contribution in [0.2, 0.25) is 0 Å². The van der Waals surface area contributed by atoms with E-state index in [1.807, 2.05) is 24.5 Å². The lowest BCUT2D eigenvalue weighted by molar-refractivity contribution is 0.289. The maximum Gasteiger partial charge on any atom is 0.213 e. The fourth-order valence-corrected chi connectivity index (χ4v) is 4.85. The van der Waals surface area contributed by atoms with E-state index in [0.29, 0.717) is 19.1 Å². The standard InChI is InChI=1S/C21H26N4O2S/c1-2-28(26,27)24-13-11-18(12-14-24)22-15-17-7-9-19(10-8-17)25-16-23-20-5-3-4-6-21(20)25/h3-10,16,18,22H,2,11-15H2,1H3. The first-order valence-electron chi connectivity index (χ1n) is 9.79. The van der Waals surface area contributed by atoms with E-state index in [4.69, 9.17) is 0 Å². The second-order valence-electron chi connectivity index (χ2n) is 7.22. The second-order valence-corrected chi connectivity index (χ2v) is 9.48. The molecule has 0 atom stereocenters. The number of benzene rings is 2. The molecule has 0 aliphatic carbocycles. The number of sulfonamides is 1. The maximum atomic E-state index is 12.0. The highest BCUT2D eigenvalue weighted by atomic mass is 32.2. The summed E-state index contributed by atoms with van der Waals surface area (Å²) in [5.74, 6) is 0.184. The van der Waals surface area contributed by atoms with Gasteiger partial charge in [-0.15, -0.1) is 0 Å². The van der Waals surface area contributed by atoms with Crippen molar-refractivity contribution in [2.75, 3.05) is 18.8 Å². The highest BCUT2D eigenvalue weighted by Crippen LogP contribution is 2.19. The molecule has 7 heteroatoms. The van der Waals surface area contributed by atoms with Gasteiger partial charge >= 0.3 is 0 Å². The van der Waals surface area contributed by atoms with E-state index in [1.54, 1.807) is 11.2 Å². The highest BCUT2D eigenvalue weighted by Gasteiger charge is 2.26. The van der Waals surface area contributed by atoms with Crippen molar-refractivity contribution in [1.82, 2.24) is 19.2 Å². The SMILES string of the molecule is CCS(=O)(=O)N1CCC(NCc2ccc(-n3cnc4ccccc43)cc2)CC1. The van der Waals surface area contributed by atoms with Gasteiger partial charge in [0.1, 0.15) is 6.33 Å². The Morgan fingerprint density at radius 1 is 1.07 bits per heavy atom. The van der Waals surface area contributed by atoms with Crippen molar-refractivity contribution in [3.8, 4) is 5.69 Å². The monoisotopic (exact) mass is 398 g/mol. The first-order chi connectivity index (χ1) is 13.6. The summed E-state index contributed by atoms with van der Waals surface area (Å²) in [5.41, 5.74) is 4.40. The Morgan fingerprint density at radius 2 is 1.79 bits per heavy atom. The van der Waals surface area contributed by atoms with Crippen LogP contribution in [0.15, 0.2) is 54.9 Å². The maximum absolute atomic E-state index is 12.0. The van der Waals surface area contributed by atoms with Gasteiger partial charge in [0, 0.05) is 31.4 Å². The third-order valence-electron chi connectivity index (χ3n) is 5.48. The molecule has 1 aliphatic heterocycles. The normalized spacial score (nSPS) is 16.6. The van der Waals surface area contributed by atoms with E-state index in [1.165, 1.54) is 5.56 Å². The minimum absolute atomic E-state index is 0.184. The summed E-state index contributed by atoms with van der Waals surface area (Å²) in [7, 11) is -3.06. The van der Waals surface area contributed by atoms with Crippen LogP contribution in [0.3, 0.4) is 0 Å². The zero-order valence-corrected chi connectivity index (χ0v) is 16.9. The van der Waals surface area contributed by atoms with Crippen molar-refractivity contribution in [3.63, 3.8) is 0 Å². The summed E-state index contributed by atoms with van der Waals surface area (Å²) in [6.07, 6.45) is 3.58. The van der Waals surface area contributed by atoms with Crippen LogP contribution in [-0.4, -0.2) is 47.2 Å². The molecule has 1 aliphatic rings. The molecule has 148 valence electrons. The van der Waals surface area contributed by atoms with Gasteiger partial charge < -0.3 is 5.32 Å². The topological polar surface area (TPSA) is 67.2 Å². The van der Waals surface area contributed by atoms with Crippen LogP contribution < -0.4 is 5.32 Å². The van der Waals surface area contributed by atoms with Crippen molar-refractivity contribution in [1.29, 1.82) is 0 Å². The van der Waals surface area contributed by atoms with Gasteiger partial charge in [0.15, 0.2) is 0 Å². The number of para-hydroxylation sites is 2. The Morgan fingerprint density at radius 3 is 2.50 bits per heavy atom. The van der Waals surface area contributed by atoms with Gasteiger partial charge in [-0.05, 0) is 49.6 Å². The number of nitrogens with one attached hydrogen (secondary N) is 1. The molecule has 28 heavy (non-hydrogen) atoms. The van der Waals surface area contributed by atoms with Crippen molar-refractivity contribution in [2.24, 2.45) is 0 Å². The number of hydrogen-bond donors (Lipinski definition) is 1. The number of nitrogens with zero attached hydrogens (tertiary/aromatic N) is 3. The molecule has 0 radical (unpaired) electrons. The van der Waals surface area contributed by atoms with E-state index in [2.05, 4.69) is 45.2 Å². The zero-order valence-electron chi connectivity index (χ0n) is 16.1. The Bertz CT molecular complexity index is 1040. The van der Waals surface area contributed by atoms with Crippen LogP contribution in [0.5, 0.6) is 0 Å². The van der Waals surface area contributed by atoms with Crippen molar-refractivity contribution < 1.29 is 8.42 Å². The van der Waals surface area contributed by atoms with E-state index < -0.39 is 10.0 Å². The predicted octanol–water partition coefficient (Wildman–Crippen LogP) is 2.93. The van der Waals surface area contributed by atoms with Crippen molar-refractivity contribution in [2.45, 2.75) is 32.4 Å². The molecule has 2 heterocycles. The Kier molecular flexibility index (Phi) is 5.48. The number of piperidine rings is 1. The van der Waals surface area contributed by atoms with Gasteiger partial charge in [-0.25, -0.2) is 17.7 Å². The third kappa shape index (κ3) is 3.97. The van der Waals surface area contributed by atoms with E-state index in [0.717, 1.165) is 36.1 Å². The van der Waals surface area contributed by atoms with E-state index >= 15 is 0 Å². The van der Waals surface area contributed by atoms with Gasteiger partial charge in [0.05, 0.1) is 16.8 Å². The van der Waals surface area contributed by atoms with Crippen LogP contribution in [0.25, 0.3) is 16.7 Å². The molecule has 0 unspecified atom stereocenters. The predicted molar refractivity (Wildman–Crippen MR) is 112 cm³/mol. The summed E-state index contributed by atoms with van der Waals surface area (Å²) in [5, 5.41) is 3.57. The number of aromatic nitrogens is 2. The molecule has 0 amide bonds. The summed E-state index contributed by atoms with van der Waals surface area (Å²) in [4.78, 5) is 4.45. The molecule has 0 bridgehead atoms. The quantitative estimate of drug-likeness (QED) is 0.693. The first kappa shape index (κ1) is 19.1. The van der Waals surface area contributed by atoms with Crippen molar-refractivity contribution >= 4 is 21.1 Å². The number of hydrogen-bond acceptors (Lipinski definition) is 4. The molecule has 0 spiro atoms. The van der Waals surface area contributed by atoms with Crippen LogP contribution >= 0.6 is 0 Å². The first-order valence-corrected chi connectivity index (χ1v) is 11.4. The molecule has 1 saturated heterocycles. The number of fused-ring (bicyclic) bond motifs is 1. The van der Waals surface area contributed by atoms with Crippen LogP contribution in [0.1, 0.15) is 25.3 Å². The third-order valence-corrected chi connectivity index (χ3v) is 7.36. The Balaban J connectivity index is 1.34. The Hall–Kier alpha value is -2.22. The van der Waals surface area contributed by atoms with Gasteiger partial charge in [0.2, 0.25) is 10.0 Å². The van der Waals surface area contributed by atoms with E-state index in [-0.39, 0.29) is 5.75 Å². The largest absolute Gasteiger partial charge is 0.310 e. The number of rotatable bonds is 6. The summed E-state index contributed by atoms with van der Waals surface area (Å²) < 4.78 is 27.6. The molecule has 6 nitrogen and oxygen atoms in total. The fraction of sp³-hybridized carbons (Fsp3) is 0.381. The zero-order chi connectivity index (χ0) is 19.6. The molecule has 1 N–H and O–H groups in total. The van der Waals surface area contributed by atoms with Crippen LogP contribution in [0, 0.1) is 0 Å². The molecule has 3 aromatic rings. The van der Waals surface area contributed by atoms with E-state index in [9.17, 15) is 8.42 Å². The molecule has 2 aromatic carbocycles. The summed E-state index contributed by atoms with van der Waals surface area (Å²) >= 11 is 0. The van der Waals surface area contributed by atoms with Gasteiger partial charge in [0.25, 0.3) is 0 Å². The number of imidazole rings is 1. The average molecular weight is 399 g/mol. The van der Waals surface area contributed by atoms with Gasteiger partial charge in [-0.2, -0.15) is 0 Å². The molecular formula is C21H26N4O2S. The van der Waals surface area contributed by atoms with Crippen LogP contribution in [0.4, 0.5) is 0 Å². The smallest absolute Gasteiger partial charge is 0.213 e. The van der Waals surface area contributed by atoms with Gasteiger partial charge in [-0.3, -0.25) is 4.57 Å². The van der Waals surface area contributed by atoms with Crippen molar-refractivity contribution in [3.05, 3.63) is 60.4 Å². The molecule has 0 saturated carbocycles. The second kappa shape index (κ2) is 8.03. The molecular weight excluding hydrogens is 372 g/mol. The molecule has 4 rings (SSSR count). The lowest BCUT2D eigenvalue weighted by Gasteiger charge is -2.31. The lowest BCUT2D eigenvalue weighted by Crippen LogP contribution is -2.45. The molecule has 1 aromatic heterocycles. The Labute approximate surface area is 166 Å².